The van der Waals surface area contributed by atoms with Gasteiger partial charge in [-0.2, -0.15) is 4.31 Å². The van der Waals surface area contributed by atoms with E-state index in [-0.39, 0.29) is 16.8 Å². The number of nitrogens with zero attached hydrogens (tertiary/aromatic N) is 3. The number of hydrogen-bond acceptors (Lipinski definition) is 6. The van der Waals surface area contributed by atoms with Crippen molar-refractivity contribution in [2.24, 2.45) is 0 Å². The highest BCUT2D eigenvalue weighted by Crippen LogP contribution is 2.30. The summed E-state index contributed by atoms with van der Waals surface area (Å²) >= 11 is 1.67. The number of benzene rings is 1. The van der Waals surface area contributed by atoms with Crippen LogP contribution in [0.1, 0.15) is 53.4 Å². The first-order chi connectivity index (χ1) is 15.9. The Morgan fingerprint density at radius 3 is 2.39 bits per heavy atom. The number of piperidine rings is 1. The average Bonchev–Trinajstić information content (AvgIpc) is 3.54. The summed E-state index contributed by atoms with van der Waals surface area (Å²) in [5, 5.41) is 5.12. The van der Waals surface area contributed by atoms with Crippen LogP contribution in [0.2, 0.25) is 0 Å². The van der Waals surface area contributed by atoms with Crippen LogP contribution < -0.4 is 10.2 Å². The number of sulfonamides is 1. The molecule has 0 saturated carbocycles. The van der Waals surface area contributed by atoms with Gasteiger partial charge in [0.25, 0.3) is 5.91 Å². The topological polar surface area (TPSA) is 73.0 Å². The van der Waals surface area contributed by atoms with E-state index in [1.165, 1.54) is 4.88 Å². The van der Waals surface area contributed by atoms with Crippen LogP contribution in [0.25, 0.3) is 0 Å². The number of anilines is 1. The Hall–Kier alpha value is -1.94. The predicted octanol–water partition coefficient (Wildman–Crippen LogP) is 3.56. The van der Waals surface area contributed by atoms with Gasteiger partial charge in [0, 0.05) is 43.3 Å². The van der Waals surface area contributed by atoms with E-state index in [1.54, 1.807) is 27.8 Å². The molecule has 1 atom stereocenters. The third kappa shape index (κ3) is 5.42. The zero-order valence-corrected chi connectivity index (χ0v) is 21.1. The normalized spacial score (nSPS) is 18.6. The Morgan fingerprint density at radius 1 is 1.06 bits per heavy atom. The van der Waals surface area contributed by atoms with Crippen molar-refractivity contribution < 1.29 is 13.2 Å². The quantitative estimate of drug-likeness (QED) is 0.613. The Balaban J connectivity index is 1.61. The van der Waals surface area contributed by atoms with Crippen LogP contribution in [0.5, 0.6) is 0 Å². The van der Waals surface area contributed by atoms with Crippen molar-refractivity contribution in [3.05, 3.63) is 46.2 Å². The van der Waals surface area contributed by atoms with Crippen molar-refractivity contribution in [3.63, 3.8) is 0 Å². The molecule has 7 nitrogen and oxygen atoms in total. The fraction of sp³-hybridized carbons (Fsp3) is 0.542. The summed E-state index contributed by atoms with van der Waals surface area (Å²) in [6.07, 6.45) is 4.98. The summed E-state index contributed by atoms with van der Waals surface area (Å²) in [6.45, 7) is 3.31. The van der Waals surface area contributed by atoms with Gasteiger partial charge in [-0.3, -0.25) is 4.79 Å². The maximum Gasteiger partial charge on any atom is 0.253 e. The molecule has 3 heterocycles. The van der Waals surface area contributed by atoms with Gasteiger partial charge in [-0.05, 0) is 69.4 Å². The molecule has 9 heteroatoms. The lowest BCUT2D eigenvalue weighted by atomic mass is 10.1. The van der Waals surface area contributed by atoms with Gasteiger partial charge in [0.1, 0.15) is 0 Å². The molecule has 0 aliphatic carbocycles. The van der Waals surface area contributed by atoms with Crippen molar-refractivity contribution in [1.82, 2.24) is 14.5 Å². The zero-order chi connectivity index (χ0) is 23.4. The number of rotatable bonds is 8. The zero-order valence-electron chi connectivity index (χ0n) is 19.5. The van der Waals surface area contributed by atoms with Gasteiger partial charge < -0.3 is 15.1 Å². The van der Waals surface area contributed by atoms with E-state index in [9.17, 15) is 13.2 Å². The van der Waals surface area contributed by atoms with Gasteiger partial charge in [0.2, 0.25) is 10.0 Å². The Kier molecular flexibility index (Phi) is 7.73. The van der Waals surface area contributed by atoms with Crippen LogP contribution in [-0.2, 0) is 10.0 Å². The first kappa shape index (κ1) is 24.2. The predicted molar refractivity (Wildman–Crippen MR) is 134 cm³/mol. The number of nitrogens with one attached hydrogen (secondary N) is 1. The van der Waals surface area contributed by atoms with E-state index in [2.05, 4.69) is 21.2 Å². The van der Waals surface area contributed by atoms with Crippen LogP contribution in [0, 0.1) is 0 Å². The monoisotopic (exact) mass is 490 g/mol. The lowest BCUT2D eigenvalue weighted by Crippen LogP contribution is -2.36. The molecule has 0 bridgehead atoms. The molecular weight excluding hydrogens is 456 g/mol. The van der Waals surface area contributed by atoms with Gasteiger partial charge in [0.15, 0.2) is 0 Å². The summed E-state index contributed by atoms with van der Waals surface area (Å²) in [6, 6.07) is 9.22. The highest BCUT2D eigenvalue weighted by Gasteiger charge is 2.29. The highest BCUT2D eigenvalue weighted by molar-refractivity contribution is 7.89. The first-order valence-corrected chi connectivity index (χ1v) is 14.1. The first-order valence-electron chi connectivity index (χ1n) is 11.7. The minimum absolute atomic E-state index is 0.0597. The van der Waals surface area contributed by atoms with Crippen molar-refractivity contribution >= 4 is 33.0 Å². The van der Waals surface area contributed by atoms with E-state index in [1.807, 2.05) is 31.6 Å². The number of carbonyl (C=O) groups is 1. The standard InChI is InChI=1S/C24H34N4O3S2/c1-26(2)22(23-9-8-16-32-23)18-25-24(29)20-17-19(10-11-21(20)27-12-6-7-13-27)33(30,31)28-14-4-3-5-15-28/h8-11,16-17,22H,3-7,12-15,18H2,1-2H3,(H,25,29). The number of likely N-dealkylation sites (N-methyl/N-ethyl adjacent to an activating group) is 1. The van der Waals surface area contributed by atoms with E-state index in [4.69, 9.17) is 0 Å². The molecule has 0 radical (unpaired) electrons. The summed E-state index contributed by atoms with van der Waals surface area (Å²) in [7, 11) is 0.386. The van der Waals surface area contributed by atoms with E-state index in [0.29, 0.717) is 25.2 Å². The minimum Gasteiger partial charge on any atom is -0.371 e. The molecule has 4 rings (SSSR count). The smallest absolute Gasteiger partial charge is 0.253 e. The molecule has 2 fully saturated rings. The van der Waals surface area contributed by atoms with Gasteiger partial charge in [-0.15, -0.1) is 11.3 Å². The van der Waals surface area contributed by atoms with Gasteiger partial charge in [-0.25, -0.2) is 8.42 Å². The summed E-state index contributed by atoms with van der Waals surface area (Å²) in [5.41, 5.74) is 1.26. The molecule has 2 saturated heterocycles. The summed E-state index contributed by atoms with van der Waals surface area (Å²) in [4.78, 5) is 19.1. The SMILES string of the molecule is CN(C)C(CNC(=O)c1cc(S(=O)(=O)N2CCCCC2)ccc1N1CCCC1)c1cccs1. The van der Waals surface area contributed by atoms with Crippen LogP contribution in [0.3, 0.4) is 0 Å². The van der Waals surface area contributed by atoms with Gasteiger partial charge in [-0.1, -0.05) is 12.5 Å². The maximum absolute atomic E-state index is 13.4. The highest BCUT2D eigenvalue weighted by atomic mass is 32.2. The molecule has 1 unspecified atom stereocenters. The molecule has 2 aromatic rings. The van der Waals surface area contributed by atoms with Gasteiger partial charge in [0.05, 0.1) is 16.5 Å². The molecule has 1 amide bonds. The Morgan fingerprint density at radius 2 is 1.76 bits per heavy atom. The third-order valence-corrected chi connectivity index (χ3v) is 9.43. The van der Waals surface area contributed by atoms with Crippen LogP contribution >= 0.6 is 11.3 Å². The van der Waals surface area contributed by atoms with Crippen molar-refractivity contribution in [3.8, 4) is 0 Å². The number of amides is 1. The molecule has 33 heavy (non-hydrogen) atoms. The van der Waals surface area contributed by atoms with Crippen LogP contribution in [0.4, 0.5) is 5.69 Å². The number of thiophene rings is 1. The van der Waals surface area contributed by atoms with Crippen molar-refractivity contribution in [2.45, 2.75) is 43.0 Å². The Bertz CT molecular complexity index is 1040. The van der Waals surface area contributed by atoms with Crippen LogP contribution in [-0.4, -0.2) is 70.3 Å². The lowest BCUT2D eigenvalue weighted by molar-refractivity contribution is 0.0942. The van der Waals surface area contributed by atoms with E-state index in [0.717, 1.165) is 50.9 Å². The van der Waals surface area contributed by atoms with Crippen molar-refractivity contribution in [1.29, 1.82) is 0 Å². The second kappa shape index (κ2) is 10.5. The molecule has 1 aromatic heterocycles. The van der Waals surface area contributed by atoms with Gasteiger partial charge >= 0.3 is 0 Å². The molecule has 1 aromatic carbocycles. The number of carbonyl (C=O) groups excluding carboxylic acids is 1. The lowest BCUT2D eigenvalue weighted by Gasteiger charge is -2.27. The van der Waals surface area contributed by atoms with E-state index >= 15 is 0 Å². The maximum atomic E-state index is 13.4. The second-order valence-corrected chi connectivity index (χ2v) is 12.0. The molecule has 0 spiro atoms. The van der Waals surface area contributed by atoms with E-state index < -0.39 is 10.0 Å². The average molecular weight is 491 g/mol. The second-order valence-electron chi connectivity index (χ2n) is 9.04. The molecule has 2 aliphatic rings. The van der Waals surface area contributed by atoms with Crippen molar-refractivity contribution in [2.75, 3.05) is 51.7 Å². The molecule has 1 N–H and O–H groups in total. The fourth-order valence-corrected chi connectivity index (χ4v) is 7.12. The third-order valence-electron chi connectivity index (χ3n) is 6.56. The molecule has 180 valence electrons. The summed E-state index contributed by atoms with van der Waals surface area (Å²) in [5.74, 6) is -0.226. The fourth-order valence-electron chi connectivity index (χ4n) is 4.65. The largest absolute Gasteiger partial charge is 0.371 e. The summed E-state index contributed by atoms with van der Waals surface area (Å²) < 4.78 is 28.1. The minimum atomic E-state index is -3.61. The molecular formula is C24H34N4O3S2. The molecule has 2 aliphatic heterocycles. The Labute approximate surface area is 201 Å². The number of hydrogen-bond donors (Lipinski definition) is 1. The van der Waals surface area contributed by atoms with Crippen LogP contribution in [0.15, 0.2) is 40.6 Å².